The van der Waals surface area contributed by atoms with Gasteiger partial charge in [-0.1, -0.05) is 30.4 Å². The molecule has 1 aromatic heterocycles. The van der Waals surface area contributed by atoms with Crippen molar-refractivity contribution in [3.63, 3.8) is 0 Å². The van der Waals surface area contributed by atoms with Crippen LogP contribution in [0.1, 0.15) is 22.5 Å². The highest BCUT2D eigenvalue weighted by Crippen LogP contribution is 2.26. The Bertz CT molecular complexity index is 920. The first-order valence-electron chi connectivity index (χ1n) is 9.12. The van der Waals surface area contributed by atoms with Crippen molar-refractivity contribution >= 4 is 39.2 Å². The number of carboxylic acid groups (broad SMARTS) is 1. The summed E-state index contributed by atoms with van der Waals surface area (Å²) in [6, 6.07) is 7.30. The van der Waals surface area contributed by atoms with Crippen molar-refractivity contribution in [1.29, 1.82) is 0 Å². The molecule has 2 N–H and O–H groups in total. The van der Waals surface area contributed by atoms with Crippen LogP contribution < -0.4 is 5.32 Å². The second kappa shape index (κ2) is 7.73. The number of carboxylic acids is 1. The Morgan fingerprint density at radius 3 is 2.75 bits per heavy atom. The van der Waals surface area contributed by atoms with E-state index in [1.54, 1.807) is 6.07 Å². The van der Waals surface area contributed by atoms with Crippen LogP contribution in [0.2, 0.25) is 0 Å². The van der Waals surface area contributed by atoms with E-state index >= 15 is 0 Å². The summed E-state index contributed by atoms with van der Waals surface area (Å²) in [7, 11) is 0. The number of rotatable bonds is 3. The molecule has 2 aliphatic rings. The number of benzene rings is 1. The SMILES string of the molecule is O=C(N[C@H]1C/C=C\C[C@H]2COC[C@@H](C(=O)O)N2C1=O)c1cc2ccccc2s1. The first-order chi connectivity index (χ1) is 13.5. The van der Waals surface area contributed by atoms with Gasteiger partial charge in [0.15, 0.2) is 6.04 Å². The lowest BCUT2D eigenvalue weighted by molar-refractivity contribution is -0.164. The number of nitrogens with zero attached hydrogens (tertiary/aromatic N) is 1. The van der Waals surface area contributed by atoms with Crippen LogP contribution in [0.3, 0.4) is 0 Å². The predicted octanol–water partition coefficient (Wildman–Crippen LogP) is 2.03. The van der Waals surface area contributed by atoms with Crippen LogP contribution in [0.4, 0.5) is 0 Å². The van der Waals surface area contributed by atoms with Crippen molar-refractivity contribution in [3.8, 4) is 0 Å². The van der Waals surface area contributed by atoms with Crippen molar-refractivity contribution < 1.29 is 24.2 Å². The summed E-state index contributed by atoms with van der Waals surface area (Å²) < 4.78 is 6.38. The van der Waals surface area contributed by atoms with Crippen LogP contribution in [-0.4, -0.2) is 59.1 Å². The third-order valence-electron chi connectivity index (χ3n) is 5.05. The van der Waals surface area contributed by atoms with Gasteiger partial charge in [-0.05, 0) is 30.4 Å². The van der Waals surface area contributed by atoms with Crippen molar-refractivity contribution in [2.24, 2.45) is 0 Å². The molecule has 146 valence electrons. The highest BCUT2D eigenvalue weighted by Gasteiger charge is 2.41. The van der Waals surface area contributed by atoms with E-state index in [9.17, 15) is 19.5 Å². The predicted molar refractivity (Wildman–Crippen MR) is 104 cm³/mol. The number of morpholine rings is 1. The number of thiophene rings is 1. The number of carbonyl (C=O) groups excluding carboxylic acids is 2. The van der Waals surface area contributed by atoms with E-state index in [0.717, 1.165) is 10.1 Å². The molecule has 8 heteroatoms. The van der Waals surface area contributed by atoms with Gasteiger partial charge >= 0.3 is 5.97 Å². The molecule has 0 saturated carbocycles. The van der Waals surface area contributed by atoms with Gasteiger partial charge in [0.1, 0.15) is 6.04 Å². The van der Waals surface area contributed by atoms with Crippen LogP contribution in [0.5, 0.6) is 0 Å². The van der Waals surface area contributed by atoms with Gasteiger partial charge in [0.25, 0.3) is 5.91 Å². The molecule has 4 rings (SSSR count). The zero-order valence-electron chi connectivity index (χ0n) is 15.0. The van der Waals surface area contributed by atoms with Crippen LogP contribution in [-0.2, 0) is 14.3 Å². The quantitative estimate of drug-likeness (QED) is 0.769. The molecule has 28 heavy (non-hydrogen) atoms. The minimum Gasteiger partial charge on any atom is -0.480 e. The molecule has 0 spiro atoms. The van der Waals surface area contributed by atoms with Gasteiger partial charge in [-0.2, -0.15) is 0 Å². The maximum atomic E-state index is 13.1. The monoisotopic (exact) mass is 400 g/mol. The highest BCUT2D eigenvalue weighted by atomic mass is 32.1. The lowest BCUT2D eigenvalue weighted by Gasteiger charge is -2.42. The zero-order valence-corrected chi connectivity index (χ0v) is 15.9. The third kappa shape index (κ3) is 3.53. The van der Waals surface area contributed by atoms with Crippen LogP contribution >= 0.6 is 11.3 Å². The lowest BCUT2D eigenvalue weighted by atomic mass is 10.00. The van der Waals surface area contributed by atoms with Gasteiger partial charge in [0, 0.05) is 4.70 Å². The molecule has 0 bridgehead atoms. The highest BCUT2D eigenvalue weighted by molar-refractivity contribution is 7.20. The molecule has 1 fully saturated rings. The van der Waals surface area contributed by atoms with E-state index in [1.165, 1.54) is 16.2 Å². The normalized spacial score (nSPS) is 26.2. The average Bonchev–Trinajstić information content (AvgIpc) is 3.12. The van der Waals surface area contributed by atoms with Gasteiger partial charge in [0.2, 0.25) is 5.91 Å². The Kier molecular flexibility index (Phi) is 5.15. The van der Waals surface area contributed by atoms with Gasteiger partial charge in [-0.25, -0.2) is 4.79 Å². The van der Waals surface area contributed by atoms with Crippen molar-refractivity contribution in [3.05, 3.63) is 47.4 Å². The summed E-state index contributed by atoms with van der Waals surface area (Å²) in [5, 5.41) is 13.3. The Hall–Kier alpha value is -2.71. The van der Waals surface area contributed by atoms with Crippen molar-refractivity contribution in [2.45, 2.75) is 31.0 Å². The molecule has 0 radical (unpaired) electrons. The van der Waals surface area contributed by atoms with Gasteiger partial charge in [0.05, 0.1) is 24.1 Å². The number of ether oxygens (including phenoxy) is 1. The largest absolute Gasteiger partial charge is 0.480 e. The van der Waals surface area contributed by atoms with E-state index in [2.05, 4.69) is 5.32 Å². The fourth-order valence-electron chi connectivity index (χ4n) is 3.65. The van der Waals surface area contributed by atoms with Crippen LogP contribution in [0.25, 0.3) is 10.1 Å². The van der Waals surface area contributed by atoms with E-state index in [1.807, 2.05) is 36.4 Å². The third-order valence-corrected chi connectivity index (χ3v) is 6.17. The number of hydrogen-bond donors (Lipinski definition) is 2. The first-order valence-corrected chi connectivity index (χ1v) is 9.93. The average molecular weight is 400 g/mol. The summed E-state index contributed by atoms with van der Waals surface area (Å²) in [6.45, 7) is 0.245. The molecule has 3 heterocycles. The Morgan fingerprint density at radius 2 is 1.96 bits per heavy atom. The maximum absolute atomic E-state index is 13.1. The first kappa shape index (κ1) is 18.6. The molecular weight excluding hydrogens is 380 g/mol. The zero-order chi connectivity index (χ0) is 19.7. The molecule has 2 aliphatic heterocycles. The van der Waals surface area contributed by atoms with Crippen LogP contribution in [0.15, 0.2) is 42.5 Å². The number of carbonyl (C=O) groups is 3. The number of hydrogen-bond acceptors (Lipinski definition) is 5. The van der Waals surface area contributed by atoms with Crippen molar-refractivity contribution in [2.75, 3.05) is 13.2 Å². The van der Waals surface area contributed by atoms with Gasteiger partial charge in [-0.3, -0.25) is 9.59 Å². The van der Waals surface area contributed by atoms with E-state index in [0.29, 0.717) is 17.7 Å². The number of amides is 2. The molecule has 0 unspecified atom stereocenters. The Morgan fingerprint density at radius 1 is 1.18 bits per heavy atom. The molecule has 0 aliphatic carbocycles. The summed E-state index contributed by atoms with van der Waals surface area (Å²) in [5.74, 6) is -1.80. The van der Waals surface area contributed by atoms with E-state index < -0.39 is 18.1 Å². The molecule has 1 saturated heterocycles. The molecule has 3 atom stereocenters. The number of fused-ring (bicyclic) bond motifs is 2. The summed E-state index contributed by atoms with van der Waals surface area (Å²) >= 11 is 1.36. The maximum Gasteiger partial charge on any atom is 0.328 e. The van der Waals surface area contributed by atoms with Crippen molar-refractivity contribution in [1.82, 2.24) is 10.2 Å². The second-order valence-electron chi connectivity index (χ2n) is 6.91. The van der Waals surface area contributed by atoms with E-state index in [4.69, 9.17) is 4.74 Å². The standard InChI is InChI=1S/C20H20N2O5S/c23-18(17-9-12-5-1-4-8-16(12)28-17)21-14-7-3-2-6-13-10-27-11-15(20(25)26)22(13)19(14)24/h1-5,8-9,13-15H,6-7,10-11H2,(H,21,23)(H,25,26)/b3-2-/t13-,14-,15-/m0/s1. The summed E-state index contributed by atoms with van der Waals surface area (Å²) in [4.78, 5) is 39.4. The molecule has 2 aromatic rings. The fourth-order valence-corrected chi connectivity index (χ4v) is 4.61. The smallest absolute Gasteiger partial charge is 0.328 e. The molecule has 7 nitrogen and oxygen atoms in total. The lowest BCUT2D eigenvalue weighted by Crippen LogP contribution is -2.62. The molecular formula is C20H20N2O5S. The van der Waals surface area contributed by atoms with Crippen LogP contribution in [0, 0.1) is 0 Å². The van der Waals surface area contributed by atoms with Gasteiger partial charge in [-0.15, -0.1) is 11.3 Å². The Balaban J connectivity index is 1.58. The molecule has 2 amide bonds. The van der Waals surface area contributed by atoms with Gasteiger partial charge < -0.3 is 20.1 Å². The summed E-state index contributed by atoms with van der Waals surface area (Å²) in [5.41, 5.74) is 0. The molecule has 1 aromatic carbocycles. The summed E-state index contributed by atoms with van der Waals surface area (Å²) in [6.07, 6.45) is 4.63. The fraction of sp³-hybridized carbons (Fsp3) is 0.350. The minimum absolute atomic E-state index is 0.0434. The van der Waals surface area contributed by atoms with E-state index in [-0.39, 0.29) is 31.1 Å². The minimum atomic E-state index is -1.10. The second-order valence-corrected chi connectivity index (χ2v) is 7.99. The topological polar surface area (TPSA) is 95.9 Å². The Labute approximate surface area is 165 Å². The number of aliphatic carboxylic acids is 1. The number of nitrogens with one attached hydrogen (secondary N) is 1.